The number of alkyl halides is 2. The number of rotatable bonds is 4. The fourth-order valence-electron chi connectivity index (χ4n) is 2.17. The molecule has 1 unspecified atom stereocenters. The molecule has 1 aliphatic rings. The van der Waals surface area contributed by atoms with Crippen LogP contribution in [-0.4, -0.2) is 59.5 Å². The summed E-state index contributed by atoms with van der Waals surface area (Å²) in [4.78, 5) is 25.0. The topological polar surface area (TPSA) is 60.9 Å². The Hall–Kier alpha value is -1.40. The lowest BCUT2D eigenvalue weighted by Gasteiger charge is -2.37. The minimum Gasteiger partial charge on any atom is -0.481 e. The van der Waals surface area contributed by atoms with Crippen LogP contribution >= 0.6 is 0 Å². The van der Waals surface area contributed by atoms with Gasteiger partial charge >= 0.3 is 12.0 Å². The first-order valence-corrected chi connectivity index (χ1v) is 5.93. The molecule has 0 spiro atoms. The normalized spacial score (nSPS) is 20.0. The summed E-state index contributed by atoms with van der Waals surface area (Å²) in [7, 11) is 1.31. The van der Waals surface area contributed by atoms with E-state index in [9.17, 15) is 18.4 Å². The van der Waals surface area contributed by atoms with Gasteiger partial charge in [-0.3, -0.25) is 4.79 Å². The van der Waals surface area contributed by atoms with E-state index in [0.717, 1.165) is 17.7 Å². The van der Waals surface area contributed by atoms with E-state index in [2.05, 4.69) is 0 Å². The average Bonchev–Trinajstić information content (AvgIpc) is 2.27. The zero-order chi connectivity index (χ0) is 13.7. The summed E-state index contributed by atoms with van der Waals surface area (Å²) in [5, 5.41) is 8.78. The monoisotopic (exact) mass is 264 g/mol. The van der Waals surface area contributed by atoms with Crippen LogP contribution in [0.5, 0.6) is 0 Å². The molecule has 1 saturated heterocycles. The Morgan fingerprint density at radius 3 is 2.67 bits per heavy atom. The van der Waals surface area contributed by atoms with Gasteiger partial charge in [-0.05, 0) is 19.3 Å². The molecule has 1 atom stereocenters. The average molecular weight is 264 g/mol. The predicted molar refractivity (Wildman–Crippen MR) is 60.6 cm³/mol. The largest absolute Gasteiger partial charge is 0.481 e. The molecule has 1 N–H and O–H groups in total. The highest BCUT2D eigenvalue weighted by Crippen LogP contribution is 2.21. The molecule has 18 heavy (non-hydrogen) atoms. The van der Waals surface area contributed by atoms with Crippen LogP contribution in [0.2, 0.25) is 0 Å². The Morgan fingerprint density at radius 1 is 1.44 bits per heavy atom. The first-order chi connectivity index (χ1) is 8.41. The van der Waals surface area contributed by atoms with E-state index in [0.29, 0.717) is 13.0 Å². The molecule has 1 aliphatic heterocycles. The Balaban J connectivity index is 2.64. The van der Waals surface area contributed by atoms with E-state index in [-0.39, 0.29) is 12.5 Å². The summed E-state index contributed by atoms with van der Waals surface area (Å²) in [6.07, 6.45) is -0.457. The molecule has 0 aliphatic carbocycles. The molecule has 0 aromatic heterocycles. The lowest BCUT2D eigenvalue weighted by molar-refractivity contribution is -0.138. The molecular weight excluding hydrogens is 246 g/mol. The van der Waals surface area contributed by atoms with Crippen LogP contribution in [0, 0.1) is 0 Å². The van der Waals surface area contributed by atoms with Gasteiger partial charge in [0.1, 0.15) is 0 Å². The van der Waals surface area contributed by atoms with Crippen molar-refractivity contribution in [3.63, 3.8) is 0 Å². The van der Waals surface area contributed by atoms with Crippen molar-refractivity contribution in [2.24, 2.45) is 0 Å². The first-order valence-electron chi connectivity index (χ1n) is 5.93. The zero-order valence-corrected chi connectivity index (χ0v) is 10.3. The Morgan fingerprint density at radius 2 is 2.11 bits per heavy atom. The van der Waals surface area contributed by atoms with E-state index in [1.807, 2.05) is 0 Å². The second-order valence-electron chi connectivity index (χ2n) is 4.50. The van der Waals surface area contributed by atoms with E-state index in [1.54, 1.807) is 0 Å². The number of carboxylic acid groups (broad SMARTS) is 1. The minimum atomic E-state index is -2.58. The van der Waals surface area contributed by atoms with Crippen molar-refractivity contribution in [2.75, 3.05) is 20.1 Å². The van der Waals surface area contributed by atoms with Crippen molar-refractivity contribution in [3.05, 3.63) is 0 Å². The lowest BCUT2D eigenvalue weighted by Crippen LogP contribution is -2.50. The number of likely N-dealkylation sites (tertiary alicyclic amines) is 1. The van der Waals surface area contributed by atoms with Gasteiger partial charge in [0.05, 0.1) is 13.0 Å². The molecule has 104 valence electrons. The number of carboxylic acids is 1. The summed E-state index contributed by atoms with van der Waals surface area (Å²) < 4.78 is 24.4. The molecule has 1 rings (SSSR count). The summed E-state index contributed by atoms with van der Waals surface area (Å²) >= 11 is 0. The Bertz CT molecular complexity index is 313. The SMILES string of the molecule is CN(CC(F)F)C(=O)N1CCCCC1CC(=O)O. The maximum absolute atomic E-state index is 12.2. The molecule has 5 nitrogen and oxygen atoms in total. The molecule has 1 fully saturated rings. The van der Waals surface area contributed by atoms with Gasteiger partial charge in [0.2, 0.25) is 0 Å². The second-order valence-corrected chi connectivity index (χ2v) is 4.50. The van der Waals surface area contributed by atoms with Gasteiger partial charge in [-0.15, -0.1) is 0 Å². The number of urea groups is 1. The van der Waals surface area contributed by atoms with Gasteiger partial charge < -0.3 is 14.9 Å². The number of carbonyl (C=O) groups excluding carboxylic acids is 1. The number of nitrogens with zero attached hydrogens (tertiary/aromatic N) is 2. The van der Waals surface area contributed by atoms with Crippen LogP contribution in [-0.2, 0) is 4.79 Å². The molecular formula is C11H18F2N2O3. The van der Waals surface area contributed by atoms with Gasteiger partial charge in [-0.25, -0.2) is 13.6 Å². The number of piperidine rings is 1. The van der Waals surface area contributed by atoms with Gasteiger partial charge in [0.25, 0.3) is 6.43 Å². The standard InChI is InChI=1S/C11H18F2N2O3/c1-14(7-9(12)13)11(18)15-5-3-2-4-8(15)6-10(16)17/h8-9H,2-7H2,1H3,(H,16,17). The third-order valence-electron chi connectivity index (χ3n) is 3.02. The predicted octanol–water partition coefficient (Wildman–Crippen LogP) is 1.63. The maximum Gasteiger partial charge on any atom is 0.320 e. The van der Waals surface area contributed by atoms with Crippen LogP contribution < -0.4 is 0 Å². The second kappa shape index (κ2) is 6.51. The molecule has 0 bridgehead atoms. The molecule has 0 radical (unpaired) electrons. The molecule has 7 heteroatoms. The van der Waals surface area contributed by atoms with Crippen LogP contribution in [0.15, 0.2) is 0 Å². The zero-order valence-electron chi connectivity index (χ0n) is 10.3. The molecule has 0 aromatic rings. The number of aliphatic carboxylic acids is 1. The fourth-order valence-corrected chi connectivity index (χ4v) is 2.17. The van der Waals surface area contributed by atoms with Crippen molar-refractivity contribution in [3.8, 4) is 0 Å². The van der Waals surface area contributed by atoms with Crippen molar-refractivity contribution < 1.29 is 23.5 Å². The van der Waals surface area contributed by atoms with Crippen LogP contribution in [0.3, 0.4) is 0 Å². The number of amides is 2. The van der Waals surface area contributed by atoms with E-state index in [4.69, 9.17) is 5.11 Å². The quantitative estimate of drug-likeness (QED) is 0.839. The first kappa shape index (κ1) is 14.7. The molecule has 0 aromatic carbocycles. The van der Waals surface area contributed by atoms with Crippen LogP contribution in [0.25, 0.3) is 0 Å². The van der Waals surface area contributed by atoms with E-state index >= 15 is 0 Å². The minimum absolute atomic E-state index is 0.131. The molecule has 0 saturated carbocycles. The van der Waals surface area contributed by atoms with E-state index < -0.39 is 25.0 Å². The summed E-state index contributed by atoms with van der Waals surface area (Å²) in [5.74, 6) is -0.976. The number of halogens is 2. The highest BCUT2D eigenvalue weighted by molar-refractivity contribution is 5.76. The van der Waals surface area contributed by atoms with Gasteiger partial charge in [-0.2, -0.15) is 0 Å². The lowest BCUT2D eigenvalue weighted by atomic mass is 10.00. The Labute approximate surface area is 104 Å². The Kier molecular flexibility index (Phi) is 5.30. The molecule has 2 amide bonds. The van der Waals surface area contributed by atoms with Crippen molar-refractivity contribution in [2.45, 2.75) is 38.2 Å². The number of hydrogen-bond acceptors (Lipinski definition) is 2. The van der Waals surface area contributed by atoms with Gasteiger partial charge in [0, 0.05) is 19.6 Å². The third kappa shape index (κ3) is 4.12. The number of hydrogen-bond donors (Lipinski definition) is 1. The maximum atomic E-state index is 12.2. The van der Waals surface area contributed by atoms with Gasteiger partial charge in [-0.1, -0.05) is 0 Å². The van der Waals surface area contributed by atoms with Crippen LogP contribution in [0.1, 0.15) is 25.7 Å². The smallest absolute Gasteiger partial charge is 0.320 e. The van der Waals surface area contributed by atoms with Crippen LogP contribution in [0.4, 0.5) is 13.6 Å². The third-order valence-corrected chi connectivity index (χ3v) is 3.02. The molecule has 1 heterocycles. The summed E-state index contributed by atoms with van der Waals surface area (Å²) in [6, 6.07) is -0.898. The van der Waals surface area contributed by atoms with Gasteiger partial charge in [0.15, 0.2) is 0 Å². The number of carbonyl (C=O) groups is 2. The summed E-state index contributed by atoms with van der Waals surface area (Å²) in [6.45, 7) is -0.195. The summed E-state index contributed by atoms with van der Waals surface area (Å²) in [5.41, 5.74) is 0. The van der Waals surface area contributed by atoms with E-state index in [1.165, 1.54) is 11.9 Å². The van der Waals surface area contributed by atoms with Crippen molar-refractivity contribution in [1.82, 2.24) is 9.80 Å². The fraction of sp³-hybridized carbons (Fsp3) is 0.818. The van der Waals surface area contributed by atoms with Crippen molar-refractivity contribution in [1.29, 1.82) is 0 Å². The van der Waals surface area contributed by atoms with Crippen molar-refractivity contribution >= 4 is 12.0 Å². The highest BCUT2D eigenvalue weighted by Gasteiger charge is 2.30. The highest BCUT2D eigenvalue weighted by atomic mass is 19.3.